The quantitative estimate of drug-likeness (QED) is 0.752. The molecule has 0 radical (unpaired) electrons. The minimum absolute atomic E-state index is 0.230. The second-order valence-electron chi connectivity index (χ2n) is 4.74. The summed E-state index contributed by atoms with van der Waals surface area (Å²) in [5.41, 5.74) is 3.01. The average Bonchev–Trinajstić information content (AvgIpc) is 3.09. The summed E-state index contributed by atoms with van der Waals surface area (Å²) in [5, 5.41) is 2.81. The van der Waals surface area contributed by atoms with E-state index in [1.165, 1.54) is 6.20 Å². The van der Waals surface area contributed by atoms with Gasteiger partial charge in [-0.05, 0) is 0 Å². The summed E-state index contributed by atoms with van der Waals surface area (Å²) in [7, 11) is 0. The lowest BCUT2D eigenvalue weighted by Crippen LogP contribution is -2.26. The van der Waals surface area contributed by atoms with Crippen LogP contribution in [0.1, 0.15) is 16.2 Å². The van der Waals surface area contributed by atoms with E-state index in [-0.39, 0.29) is 5.91 Å². The molecule has 0 spiro atoms. The fourth-order valence-corrected chi connectivity index (χ4v) is 2.03. The molecule has 22 heavy (non-hydrogen) atoms. The van der Waals surface area contributed by atoms with Crippen molar-refractivity contribution in [3.05, 3.63) is 66.6 Å². The Hall–Kier alpha value is -3.02. The largest absolute Gasteiger partial charge is 0.350 e. The minimum atomic E-state index is -0.230. The first kappa shape index (κ1) is 13.9. The average molecular weight is 293 g/mol. The molecule has 3 aromatic rings. The third kappa shape index (κ3) is 3.35. The number of rotatable bonds is 5. The van der Waals surface area contributed by atoms with Crippen LogP contribution in [0.15, 0.2) is 55.2 Å². The predicted molar refractivity (Wildman–Crippen MR) is 82.1 cm³/mol. The molecule has 0 saturated heterocycles. The first-order valence-corrected chi connectivity index (χ1v) is 6.96. The van der Waals surface area contributed by atoms with Crippen LogP contribution >= 0.6 is 0 Å². The molecule has 0 atom stereocenters. The highest BCUT2D eigenvalue weighted by Gasteiger charge is 2.08. The van der Waals surface area contributed by atoms with Gasteiger partial charge in [0.15, 0.2) is 0 Å². The molecule has 6 heteroatoms. The summed E-state index contributed by atoms with van der Waals surface area (Å²) in [6.45, 7) is 0.517. The lowest BCUT2D eigenvalue weighted by Gasteiger charge is -2.04. The van der Waals surface area contributed by atoms with Gasteiger partial charge in [0.2, 0.25) is 0 Å². The van der Waals surface area contributed by atoms with Crippen LogP contribution < -0.4 is 5.32 Å². The maximum Gasteiger partial charge on any atom is 0.271 e. The van der Waals surface area contributed by atoms with Crippen molar-refractivity contribution in [2.75, 3.05) is 6.54 Å². The van der Waals surface area contributed by atoms with E-state index >= 15 is 0 Å². The Morgan fingerprint density at radius 1 is 1.09 bits per heavy atom. The molecule has 3 rings (SSSR count). The first-order chi connectivity index (χ1) is 10.8. The molecule has 1 aromatic carbocycles. The normalized spacial score (nSPS) is 10.4. The monoisotopic (exact) mass is 293 g/mol. The lowest BCUT2D eigenvalue weighted by molar-refractivity contribution is 0.0948. The summed E-state index contributed by atoms with van der Waals surface area (Å²) in [6, 6.07) is 9.72. The third-order valence-corrected chi connectivity index (χ3v) is 3.19. The molecule has 0 unspecified atom stereocenters. The van der Waals surface area contributed by atoms with Crippen LogP contribution in [-0.2, 0) is 6.42 Å². The number of hydrogen-bond acceptors (Lipinski definition) is 4. The lowest BCUT2D eigenvalue weighted by atomic mass is 10.2. The molecule has 6 nitrogen and oxygen atoms in total. The second kappa shape index (κ2) is 6.62. The minimum Gasteiger partial charge on any atom is -0.350 e. The van der Waals surface area contributed by atoms with E-state index in [0.717, 1.165) is 17.0 Å². The summed E-state index contributed by atoms with van der Waals surface area (Å²) >= 11 is 0. The number of amides is 1. The van der Waals surface area contributed by atoms with E-state index in [2.05, 4.69) is 25.3 Å². The summed E-state index contributed by atoms with van der Waals surface area (Å²) in [6.07, 6.45) is 7.15. The molecule has 0 fully saturated rings. The number of aromatic amines is 1. The molecule has 0 aliphatic carbocycles. The molecule has 110 valence electrons. The fraction of sp³-hybridized carbons (Fsp3) is 0.125. The number of H-pyrrole nitrogens is 1. The molecule has 2 heterocycles. The number of nitrogens with zero attached hydrogens (tertiary/aromatic N) is 3. The summed E-state index contributed by atoms with van der Waals surface area (Å²) < 4.78 is 0. The molecule has 0 aliphatic rings. The van der Waals surface area contributed by atoms with Gasteiger partial charge in [0, 0.05) is 30.4 Å². The van der Waals surface area contributed by atoms with Crippen molar-refractivity contribution >= 4 is 5.91 Å². The predicted octanol–water partition coefficient (Wildman–Crippen LogP) is 1.84. The molecule has 0 bridgehead atoms. The third-order valence-electron chi connectivity index (χ3n) is 3.19. The van der Waals surface area contributed by atoms with Gasteiger partial charge in [-0.2, -0.15) is 0 Å². The van der Waals surface area contributed by atoms with Gasteiger partial charge in [-0.15, -0.1) is 0 Å². The number of carbonyl (C=O) groups is 1. The van der Waals surface area contributed by atoms with Gasteiger partial charge >= 0.3 is 0 Å². The molecule has 0 aliphatic heterocycles. The van der Waals surface area contributed by atoms with Gasteiger partial charge in [0.05, 0.1) is 24.4 Å². The highest BCUT2D eigenvalue weighted by atomic mass is 16.1. The number of aromatic nitrogens is 4. The molecule has 1 amide bonds. The number of imidazole rings is 1. The Morgan fingerprint density at radius 3 is 2.64 bits per heavy atom. The van der Waals surface area contributed by atoms with Crippen LogP contribution in [0.25, 0.3) is 11.3 Å². The standard InChI is InChI=1S/C16H15N5O/c22-16(18-7-6-13-8-17-11-21-13)15-10-19-14(9-20-15)12-4-2-1-3-5-12/h1-5,8-11H,6-7H2,(H,17,21)(H,18,22). The Morgan fingerprint density at radius 2 is 1.95 bits per heavy atom. The topological polar surface area (TPSA) is 83.6 Å². The number of carbonyl (C=O) groups excluding carboxylic acids is 1. The second-order valence-corrected chi connectivity index (χ2v) is 4.74. The zero-order valence-electron chi connectivity index (χ0n) is 11.9. The SMILES string of the molecule is O=C(NCCc1cnc[nH]1)c1cnc(-c2ccccc2)cn1. The summed E-state index contributed by atoms with van der Waals surface area (Å²) in [4.78, 5) is 27.4. The molecule has 2 N–H and O–H groups in total. The Labute approximate surface area is 127 Å². The zero-order chi connectivity index (χ0) is 15.2. The van der Waals surface area contributed by atoms with Crippen molar-refractivity contribution in [2.24, 2.45) is 0 Å². The van der Waals surface area contributed by atoms with Crippen LogP contribution in [0.3, 0.4) is 0 Å². The van der Waals surface area contributed by atoms with E-state index < -0.39 is 0 Å². The Balaban J connectivity index is 1.59. The van der Waals surface area contributed by atoms with Gasteiger partial charge in [-0.1, -0.05) is 30.3 Å². The van der Waals surface area contributed by atoms with Crippen LogP contribution in [0.4, 0.5) is 0 Å². The number of benzene rings is 1. The van der Waals surface area contributed by atoms with Crippen LogP contribution in [0.5, 0.6) is 0 Å². The molecular formula is C16H15N5O. The van der Waals surface area contributed by atoms with Crippen molar-refractivity contribution in [1.29, 1.82) is 0 Å². The first-order valence-electron chi connectivity index (χ1n) is 6.96. The van der Waals surface area contributed by atoms with E-state index in [1.807, 2.05) is 30.3 Å². The fourth-order valence-electron chi connectivity index (χ4n) is 2.03. The van der Waals surface area contributed by atoms with Crippen molar-refractivity contribution < 1.29 is 4.79 Å². The van der Waals surface area contributed by atoms with Crippen molar-refractivity contribution in [3.8, 4) is 11.3 Å². The van der Waals surface area contributed by atoms with Gasteiger partial charge in [0.25, 0.3) is 5.91 Å². The van der Waals surface area contributed by atoms with Crippen LogP contribution in [0, 0.1) is 0 Å². The number of hydrogen-bond donors (Lipinski definition) is 2. The molecule has 0 saturated carbocycles. The van der Waals surface area contributed by atoms with Crippen LogP contribution in [-0.4, -0.2) is 32.4 Å². The zero-order valence-corrected chi connectivity index (χ0v) is 11.9. The van der Waals surface area contributed by atoms with E-state index in [0.29, 0.717) is 18.7 Å². The van der Waals surface area contributed by atoms with E-state index in [9.17, 15) is 4.79 Å². The molecular weight excluding hydrogens is 278 g/mol. The Kier molecular flexibility index (Phi) is 4.20. The van der Waals surface area contributed by atoms with Gasteiger partial charge in [0.1, 0.15) is 5.69 Å². The van der Waals surface area contributed by atoms with Gasteiger partial charge in [-0.25, -0.2) is 9.97 Å². The highest BCUT2D eigenvalue weighted by molar-refractivity contribution is 5.92. The van der Waals surface area contributed by atoms with Crippen LogP contribution in [0.2, 0.25) is 0 Å². The summed E-state index contributed by atoms with van der Waals surface area (Å²) in [5.74, 6) is -0.230. The number of nitrogens with one attached hydrogen (secondary N) is 2. The van der Waals surface area contributed by atoms with E-state index in [1.54, 1.807) is 18.7 Å². The van der Waals surface area contributed by atoms with Gasteiger partial charge in [-0.3, -0.25) is 9.78 Å². The molecule has 2 aromatic heterocycles. The van der Waals surface area contributed by atoms with E-state index in [4.69, 9.17) is 0 Å². The van der Waals surface area contributed by atoms with Crippen molar-refractivity contribution in [1.82, 2.24) is 25.3 Å². The maximum atomic E-state index is 12.0. The Bertz CT molecular complexity index is 723. The highest BCUT2D eigenvalue weighted by Crippen LogP contribution is 2.14. The smallest absolute Gasteiger partial charge is 0.271 e. The van der Waals surface area contributed by atoms with Crippen molar-refractivity contribution in [2.45, 2.75) is 6.42 Å². The van der Waals surface area contributed by atoms with Gasteiger partial charge < -0.3 is 10.3 Å². The van der Waals surface area contributed by atoms with Crippen molar-refractivity contribution in [3.63, 3.8) is 0 Å². The maximum absolute atomic E-state index is 12.0.